The SMILES string of the molecule is CCCN(CC)CCOC(=O)C(O)(c1ccccc1)c1ccccc1. The zero-order chi connectivity index (χ0) is 18.1. The molecule has 0 radical (unpaired) electrons. The topological polar surface area (TPSA) is 49.8 Å². The number of carbonyl (C=O) groups excluding carboxylic acids is 1. The number of esters is 1. The van der Waals surface area contributed by atoms with E-state index in [-0.39, 0.29) is 6.61 Å². The number of rotatable bonds is 9. The van der Waals surface area contributed by atoms with E-state index in [4.69, 9.17) is 4.74 Å². The highest BCUT2D eigenvalue weighted by atomic mass is 16.5. The van der Waals surface area contributed by atoms with Crippen LogP contribution in [0.15, 0.2) is 60.7 Å². The van der Waals surface area contributed by atoms with Crippen molar-refractivity contribution < 1.29 is 14.6 Å². The van der Waals surface area contributed by atoms with Gasteiger partial charge in [-0.3, -0.25) is 0 Å². The van der Waals surface area contributed by atoms with Crippen molar-refractivity contribution in [2.75, 3.05) is 26.2 Å². The molecular weight excluding hydrogens is 314 g/mol. The Balaban J connectivity index is 2.18. The Kier molecular flexibility index (Phi) is 7.16. The molecule has 4 nitrogen and oxygen atoms in total. The Morgan fingerprint density at radius 3 is 1.92 bits per heavy atom. The van der Waals surface area contributed by atoms with Crippen molar-refractivity contribution in [3.8, 4) is 0 Å². The number of benzene rings is 2. The van der Waals surface area contributed by atoms with Crippen molar-refractivity contribution in [2.45, 2.75) is 25.9 Å². The van der Waals surface area contributed by atoms with Crippen LogP contribution in [0.4, 0.5) is 0 Å². The smallest absolute Gasteiger partial charge is 0.347 e. The predicted octanol–water partition coefficient (Wildman–Crippen LogP) is 3.20. The molecule has 0 bridgehead atoms. The summed E-state index contributed by atoms with van der Waals surface area (Å²) in [6.07, 6.45) is 1.06. The maximum atomic E-state index is 12.8. The van der Waals surface area contributed by atoms with Crippen molar-refractivity contribution in [3.63, 3.8) is 0 Å². The molecular formula is C21H27NO3. The van der Waals surface area contributed by atoms with Crippen LogP contribution in [-0.2, 0) is 15.1 Å². The molecule has 0 saturated heterocycles. The lowest BCUT2D eigenvalue weighted by Crippen LogP contribution is -2.40. The summed E-state index contributed by atoms with van der Waals surface area (Å²) in [6, 6.07) is 17.9. The largest absolute Gasteiger partial charge is 0.462 e. The van der Waals surface area contributed by atoms with Crippen LogP contribution in [0.2, 0.25) is 0 Å². The Morgan fingerprint density at radius 1 is 0.960 bits per heavy atom. The summed E-state index contributed by atoms with van der Waals surface area (Å²) in [6.45, 7) is 7.01. The lowest BCUT2D eigenvalue weighted by atomic mass is 9.86. The molecule has 0 aliphatic carbocycles. The Bertz CT molecular complexity index is 603. The number of carbonyl (C=O) groups is 1. The lowest BCUT2D eigenvalue weighted by molar-refractivity contribution is -0.162. The summed E-state index contributed by atoms with van der Waals surface area (Å²) in [5.74, 6) is -0.641. The van der Waals surface area contributed by atoms with Crippen molar-refractivity contribution >= 4 is 5.97 Å². The molecule has 2 aromatic carbocycles. The van der Waals surface area contributed by atoms with E-state index in [1.54, 1.807) is 48.5 Å². The van der Waals surface area contributed by atoms with E-state index < -0.39 is 11.6 Å². The Labute approximate surface area is 150 Å². The molecule has 0 spiro atoms. The van der Waals surface area contributed by atoms with E-state index >= 15 is 0 Å². The van der Waals surface area contributed by atoms with Gasteiger partial charge in [0.25, 0.3) is 0 Å². The second kappa shape index (κ2) is 9.35. The van der Waals surface area contributed by atoms with Crippen LogP contribution >= 0.6 is 0 Å². The highest BCUT2D eigenvalue weighted by molar-refractivity contribution is 5.85. The number of nitrogens with zero attached hydrogens (tertiary/aromatic N) is 1. The van der Waals surface area contributed by atoms with Gasteiger partial charge in [-0.15, -0.1) is 0 Å². The lowest BCUT2D eigenvalue weighted by Gasteiger charge is -2.28. The minimum absolute atomic E-state index is 0.259. The second-order valence-electron chi connectivity index (χ2n) is 6.01. The Morgan fingerprint density at radius 2 is 1.48 bits per heavy atom. The summed E-state index contributed by atoms with van der Waals surface area (Å²) >= 11 is 0. The molecule has 2 aromatic rings. The van der Waals surface area contributed by atoms with Crippen molar-refractivity contribution in [1.82, 2.24) is 4.90 Å². The maximum absolute atomic E-state index is 12.8. The molecule has 0 heterocycles. The van der Waals surface area contributed by atoms with Crippen LogP contribution < -0.4 is 0 Å². The quantitative estimate of drug-likeness (QED) is 0.712. The van der Waals surface area contributed by atoms with E-state index in [0.29, 0.717) is 17.7 Å². The standard InChI is InChI=1S/C21H27NO3/c1-3-15-22(4-2)16-17-25-20(23)21(24,18-11-7-5-8-12-18)19-13-9-6-10-14-19/h5-14,24H,3-4,15-17H2,1-2H3. The van der Waals surface area contributed by atoms with Crippen molar-refractivity contribution in [1.29, 1.82) is 0 Å². The zero-order valence-corrected chi connectivity index (χ0v) is 15.0. The minimum atomic E-state index is -1.80. The molecule has 0 aliphatic heterocycles. The molecule has 0 fully saturated rings. The van der Waals surface area contributed by atoms with Gasteiger partial charge < -0.3 is 14.7 Å². The monoisotopic (exact) mass is 341 g/mol. The third-order valence-corrected chi connectivity index (χ3v) is 4.31. The minimum Gasteiger partial charge on any atom is -0.462 e. The third-order valence-electron chi connectivity index (χ3n) is 4.31. The van der Waals surface area contributed by atoms with Crippen LogP contribution in [0.1, 0.15) is 31.4 Å². The summed E-state index contributed by atoms with van der Waals surface area (Å²) < 4.78 is 5.46. The number of likely N-dealkylation sites (N-methyl/N-ethyl adjacent to an activating group) is 1. The van der Waals surface area contributed by atoms with E-state index in [1.165, 1.54) is 0 Å². The molecule has 0 unspecified atom stereocenters. The number of aliphatic hydroxyl groups is 1. The number of hydrogen-bond donors (Lipinski definition) is 1. The first-order valence-electron chi connectivity index (χ1n) is 8.85. The number of hydrogen-bond acceptors (Lipinski definition) is 4. The van der Waals surface area contributed by atoms with Crippen LogP contribution in [0.25, 0.3) is 0 Å². The van der Waals surface area contributed by atoms with Gasteiger partial charge in [-0.1, -0.05) is 74.5 Å². The number of ether oxygens (including phenoxy) is 1. The van der Waals surface area contributed by atoms with Crippen LogP contribution in [0.5, 0.6) is 0 Å². The van der Waals surface area contributed by atoms with Gasteiger partial charge in [-0.25, -0.2) is 4.79 Å². The van der Waals surface area contributed by atoms with Crippen molar-refractivity contribution in [3.05, 3.63) is 71.8 Å². The van der Waals surface area contributed by atoms with Crippen molar-refractivity contribution in [2.24, 2.45) is 0 Å². The summed E-state index contributed by atoms with van der Waals surface area (Å²) in [7, 11) is 0. The van der Waals surface area contributed by atoms with Gasteiger partial charge >= 0.3 is 5.97 Å². The first-order valence-corrected chi connectivity index (χ1v) is 8.85. The molecule has 0 aromatic heterocycles. The van der Waals surface area contributed by atoms with E-state index in [2.05, 4.69) is 18.7 Å². The molecule has 0 atom stereocenters. The second-order valence-corrected chi connectivity index (χ2v) is 6.01. The molecule has 0 saturated carbocycles. The average Bonchev–Trinajstić information content (AvgIpc) is 2.67. The van der Waals surface area contributed by atoms with Gasteiger partial charge in [-0.05, 0) is 30.6 Å². The van der Waals surface area contributed by atoms with Gasteiger partial charge in [0.1, 0.15) is 6.61 Å². The van der Waals surface area contributed by atoms with Gasteiger partial charge in [-0.2, -0.15) is 0 Å². The normalized spacial score (nSPS) is 11.5. The molecule has 0 aliphatic rings. The first kappa shape index (κ1) is 19.2. The fourth-order valence-electron chi connectivity index (χ4n) is 2.88. The highest BCUT2D eigenvalue weighted by Gasteiger charge is 2.41. The van der Waals surface area contributed by atoms with Gasteiger partial charge in [0.2, 0.25) is 5.60 Å². The molecule has 25 heavy (non-hydrogen) atoms. The molecule has 0 amide bonds. The fourth-order valence-corrected chi connectivity index (χ4v) is 2.88. The summed E-state index contributed by atoms with van der Waals surface area (Å²) in [5, 5.41) is 11.3. The van der Waals surface area contributed by atoms with Gasteiger partial charge in [0.15, 0.2) is 0 Å². The van der Waals surface area contributed by atoms with Gasteiger partial charge in [0, 0.05) is 6.54 Å². The average molecular weight is 341 g/mol. The van der Waals surface area contributed by atoms with Gasteiger partial charge in [0.05, 0.1) is 0 Å². The van der Waals surface area contributed by atoms with Crippen LogP contribution in [0.3, 0.4) is 0 Å². The Hall–Kier alpha value is -2.17. The first-order chi connectivity index (χ1) is 12.1. The summed E-state index contributed by atoms with van der Waals surface area (Å²) in [4.78, 5) is 15.0. The van der Waals surface area contributed by atoms with Crippen LogP contribution in [-0.4, -0.2) is 42.2 Å². The van der Waals surface area contributed by atoms with Crippen LogP contribution in [0, 0.1) is 0 Å². The third kappa shape index (κ3) is 4.68. The summed E-state index contributed by atoms with van der Waals surface area (Å²) in [5.41, 5.74) is -0.788. The maximum Gasteiger partial charge on any atom is 0.347 e. The predicted molar refractivity (Wildman–Crippen MR) is 99.2 cm³/mol. The fraction of sp³-hybridized carbons (Fsp3) is 0.381. The zero-order valence-electron chi connectivity index (χ0n) is 15.0. The molecule has 1 N–H and O–H groups in total. The van der Waals surface area contributed by atoms with E-state index in [0.717, 1.165) is 19.5 Å². The molecule has 2 rings (SSSR count). The van der Waals surface area contributed by atoms with E-state index in [9.17, 15) is 9.90 Å². The molecule has 4 heteroatoms. The van der Waals surface area contributed by atoms with E-state index in [1.807, 2.05) is 12.1 Å². The molecule has 134 valence electrons. The highest BCUT2D eigenvalue weighted by Crippen LogP contribution is 2.30.